The first kappa shape index (κ1) is 21.4. The number of nitrogens with zero attached hydrogens (tertiary/aromatic N) is 4. The third-order valence-electron chi connectivity index (χ3n) is 4.38. The molecule has 2 aromatic rings. The van der Waals surface area contributed by atoms with E-state index in [1.54, 1.807) is 28.6 Å². The van der Waals surface area contributed by atoms with Crippen molar-refractivity contribution in [3.05, 3.63) is 51.3 Å². The molecule has 0 aliphatic carbocycles. The second-order valence-corrected chi connectivity index (χ2v) is 7.40. The van der Waals surface area contributed by atoms with Gasteiger partial charge in [-0.2, -0.15) is 0 Å². The highest BCUT2D eigenvalue weighted by Crippen LogP contribution is 2.29. The van der Waals surface area contributed by atoms with Gasteiger partial charge in [-0.25, -0.2) is 4.68 Å². The Labute approximate surface area is 164 Å². The highest BCUT2D eigenvalue weighted by atomic mass is 32.2. The highest BCUT2D eigenvalue weighted by molar-refractivity contribution is 7.98. The second-order valence-electron chi connectivity index (χ2n) is 6.58. The zero-order valence-electron chi connectivity index (χ0n) is 16.3. The number of unbranched alkanes of at least 4 members (excludes halogenated alkanes) is 3. The fourth-order valence-electron chi connectivity index (χ4n) is 2.90. The van der Waals surface area contributed by atoms with Gasteiger partial charge in [0.05, 0.1) is 34.8 Å². The van der Waals surface area contributed by atoms with E-state index < -0.39 is 0 Å². The minimum Gasteiger partial charge on any atom is -0.363 e. The maximum Gasteiger partial charge on any atom is 0.275 e. The number of rotatable bonds is 12. The molecule has 1 aromatic heterocycles. The molecule has 148 valence electrons. The zero-order chi connectivity index (χ0) is 19.6. The molecule has 1 aromatic carbocycles. The van der Waals surface area contributed by atoms with Crippen LogP contribution in [0.25, 0.3) is 0 Å². The normalized spacial score (nSPS) is 12.3. The molecule has 0 fully saturated rings. The van der Waals surface area contributed by atoms with Gasteiger partial charge in [0.15, 0.2) is 0 Å². The number of aromatic nitrogens is 3. The van der Waals surface area contributed by atoms with Crippen LogP contribution in [0, 0.1) is 10.1 Å². The largest absolute Gasteiger partial charge is 0.363 e. The first-order valence-corrected chi connectivity index (χ1v) is 10.7. The Bertz CT molecular complexity index is 735. The predicted octanol–water partition coefficient (Wildman–Crippen LogP) is 4.76. The zero-order valence-corrected chi connectivity index (χ0v) is 17.1. The fourth-order valence-corrected chi connectivity index (χ4v) is 3.24. The van der Waals surface area contributed by atoms with Crippen LogP contribution in [0.15, 0.2) is 24.4 Å². The summed E-state index contributed by atoms with van der Waals surface area (Å²) < 4.78 is 7.45. The Morgan fingerprint density at radius 3 is 2.85 bits per heavy atom. The molecule has 1 heterocycles. The number of hydrogen-bond acceptors (Lipinski definition) is 6. The van der Waals surface area contributed by atoms with Crippen molar-refractivity contribution in [2.75, 3.05) is 12.2 Å². The van der Waals surface area contributed by atoms with Gasteiger partial charge in [0.1, 0.15) is 0 Å². The van der Waals surface area contributed by atoms with Gasteiger partial charge in [-0.1, -0.05) is 37.5 Å². The number of aryl methyl sites for hydroxylation is 1. The quantitative estimate of drug-likeness (QED) is 0.224. The predicted molar refractivity (Wildman–Crippen MR) is 108 cm³/mol. The lowest BCUT2D eigenvalue weighted by Gasteiger charge is -2.14. The summed E-state index contributed by atoms with van der Waals surface area (Å²) in [5.41, 5.74) is 2.61. The maximum absolute atomic E-state index is 11.3. The number of nitro benzene ring substituents is 1. The van der Waals surface area contributed by atoms with Gasteiger partial charge in [0.2, 0.25) is 0 Å². The number of ether oxygens (including phenoxy) is 1. The molecule has 0 saturated heterocycles. The summed E-state index contributed by atoms with van der Waals surface area (Å²) in [5.74, 6) is 0.493. The first-order chi connectivity index (χ1) is 13.0. The van der Waals surface area contributed by atoms with Crippen LogP contribution >= 0.6 is 11.8 Å². The average Bonchev–Trinajstić information content (AvgIpc) is 3.10. The average molecular weight is 393 g/mol. The third kappa shape index (κ3) is 6.62. The molecule has 27 heavy (non-hydrogen) atoms. The van der Waals surface area contributed by atoms with Crippen LogP contribution in [0.1, 0.15) is 62.5 Å². The second kappa shape index (κ2) is 11.0. The SMILES string of the molecule is CCCCCCc1cn(Cc2ccc([N+](=O)[O-])c(C(C)OCSC)c2)nn1. The molecule has 0 N–H and O–H groups in total. The Balaban J connectivity index is 2.08. The van der Waals surface area contributed by atoms with Crippen molar-refractivity contribution in [2.45, 2.75) is 58.6 Å². The summed E-state index contributed by atoms with van der Waals surface area (Å²) >= 11 is 1.54. The molecular weight excluding hydrogens is 364 g/mol. The van der Waals surface area contributed by atoms with Crippen molar-refractivity contribution in [3.8, 4) is 0 Å². The minimum atomic E-state index is -0.359. The van der Waals surface area contributed by atoms with E-state index in [1.165, 1.54) is 19.3 Å². The summed E-state index contributed by atoms with van der Waals surface area (Å²) in [6.07, 6.45) is 9.28. The molecular formula is C19H28N4O3S. The van der Waals surface area contributed by atoms with Crippen molar-refractivity contribution in [1.29, 1.82) is 0 Å². The molecule has 0 saturated carbocycles. The minimum absolute atomic E-state index is 0.0857. The summed E-state index contributed by atoms with van der Waals surface area (Å²) in [4.78, 5) is 11.0. The van der Waals surface area contributed by atoms with Gasteiger partial charge in [0.25, 0.3) is 5.69 Å². The van der Waals surface area contributed by atoms with E-state index in [1.807, 2.05) is 25.4 Å². The van der Waals surface area contributed by atoms with Gasteiger partial charge in [0, 0.05) is 12.3 Å². The Morgan fingerprint density at radius 2 is 2.15 bits per heavy atom. The van der Waals surface area contributed by atoms with Crippen molar-refractivity contribution in [1.82, 2.24) is 15.0 Å². The Kier molecular flexibility index (Phi) is 8.74. The van der Waals surface area contributed by atoms with Crippen LogP contribution in [0.5, 0.6) is 0 Å². The van der Waals surface area contributed by atoms with Crippen LogP contribution in [0.3, 0.4) is 0 Å². The molecule has 2 rings (SSSR count). The van der Waals surface area contributed by atoms with Crippen molar-refractivity contribution in [3.63, 3.8) is 0 Å². The molecule has 0 bridgehead atoms. The third-order valence-corrected chi connectivity index (χ3v) is 4.75. The summed E-state index contributed by atoms with van der Waals surface area (Å²) in [7, 11) is 0. The number of nitro groups is 1. The highest BCUT2D eigenvalue weighted by Gasteiger charge is 2.20. The van der Waals surface area contributed by atoms with E-state index in [2.05, 4.69) is 17.2 Å². The van der Waals surface area contributed by atoms with E-state index in [0.717, 1.165) is 24.1 Å². The molecule has 0 aliphatic rings. The standard InChI is InChI=1S/C19H28N4O3S/c1-4-5-6-7-8-17-13-22(21-20-17)12-16-9-10-19(23(24)25)18(11-16)15(2)26-14-27-3/h9-11,13,15H,4-8,12,14H2,1-3H3. The molecule has 0 aliphatic heterocycles. The monoisotopic (exact) mass is 392 g/mol. The van der Waals surface area contributed by atoms with Gasteiger partial charge < -0.3 is 4.74 Å². The Morgan fingerprint density at radius 1 is 1.33 bits per heavy atom. The van der Waals surface area contributed by atoms with Gasteiger partial charge in [-0.15, -0.1) is 16.9 Å². The first-order valence-electron chi connectivity index (χ1n) is 9.32. The fraction of sp³-hybridized carbons (Fsp3) is 0.579. The van der Waals surface area contributed by atoms with Crippen LogP contribution < -0.4 is 0 Å². The van der Waals surface area contributed by atoms with Gasteiger partial charge in [-0.3, -0.25) is 10.1 Å². The molecule has 1 atom stereocenters. The summed E-state index contributed by atoms with van der Waals surface area (Å²) in [6.45, 7) is 4.57. The lowest BCUT2D eigenvalue weighted by atomic mass is 10.0. The van der Waals surface area contributed by atoms with Crippen LogP contribution in [-0.4, -0.2) is 32.1 Å². The molecule has 0 spiro atoms. The molecule has 8 heteroatoms. The molecule has 0 amide bonds. The van der Waals surface area contributed by atoms with E-state index in [0.29, 0.717) is 18.0 Å². The topological polar surface area (TPSA) is 83.1 Å². The van der Waals surface area contributed by atoms with Crippen LogP contribution in [0.4, 0.5) is 5.69 Å². The van der Waals surface area contributed by atoms with Gasteiger partial charge in [-0.05, 0) is 37.7 Å². The van der Waals surface area contributed by atoms with Crippen molar-refractivity contribution < 1.29 is 9.66 Å². The number of hydrogen-bond donors (Lipinski definition) is 0. The molecule has 0 radical (unpaired) electrons. The van der Waals surface area contributed by atoms with Crippen LogP contribution in [0.2, 0.25) is 0 Å². The summed E-state index contributed by atoms with van der Waals surface area (Å²) in [5, 5.41) is 19.8. The lowest BCUT2D eigenvalue weighted by Crippen LogP contribution is -2.07. The van der Waals surface area contributed by atoms with Crippen molar-refractivity contribution in [2.24, 2.45) is 0 Å². The van der Waals surface area contributed by atoms with E-state index in [-0.39, 0.29) is 16.7 Å². The number of thioether (sulfide) groups is 1. The summed E-state index contributed by atoms with van der Waals surface area (Å²) in [6, 6.07) is 5.16. The van der Waals surface area contributed by atoms with Gasteiger partial charge >= 0.3 is 0 Å². The van der Waals surface area contributed by atoms with E-state index >= 15 is 0 Å². The van der Waals surface area contributed by atoms with E-state index in [9.17, 15) is 10.1 Å². The van der Waals surface area contributed by atoms with E-state index in [4.69, 9.17) is 4.74 Å². The van der Waals surface area contributed by atoms with Crippen molar-refractivity contribution >= 4 is 17.4 Å². The number of benzene rings is 1. The Hall–Kier alpha value is -1.93. The molecule has 7 nitrogen and oxygen atoms in total. The maximum atomic E-state index is 11.3. The smallest absolute Gasteiger partial charge is 0.275 e. The lowest BCUT2D eigenvalue weighted by molar-refractivity contribution is -0.386. The molecule has 1 unspecified atom stereocenters. The van der Waals surface area contributed by atoms with Crippen LogP contribution in [-0.2, 0) is 17.7 Å².